The maximum absolute atomic E-state index is 13.1. The molecule has 0 spiro atoms. The standard InChI is InChI=1S/C83H132O17P2/c1-5-9-13-17-21-25-29-33-36-37-38-39-42-45-48-52-56-60-64-68-81(86)94-73-78(99-82(87)69-65-61-57-53-49-43-32-28-24-20-16-12-8-4)75-97-101(89,90)95-71-77(84)72-96-102(91,92)98-76-79(100-83(88)70-66-62-58-54-50-46-41-35-31-27-23-19-15-11-7-3)74-93-80(85)67-63-59-55-51-47-44-40-34-30-26-22-18-14-10-6-2/h9-11,13-16,20-23,25-28,32-36,38-41,45,47-48,51,59,63,77-79,84H,5-8,12,17-19,24,29-31,37,42-44,46,49-50,52-58,60-62,64-76H2,1-4H3,(H,89,90)(H,91,92)/b13-9-,14-10-,15-11-,20-16-,25-21-,26-22-,27-23-,32-28-,36-33-,39-38-,40-34-,41-35-,48-45-,51-47-,63-59-. The molecule has 0 fully saturated rings. The maximum Gasteiger partial charge on any atom is 0.472 e. The Kier molecular flexibility index (Phi) is 69.3. The predicted octanol–water partition coefficient (Wildman–Crippen LogP) is 22.0. The van der Waals surface area contributed by atoms with Crippen molar-refractivity contribution in [1.82, 2.24) is 0 Å². The minimum Gasteiger partial charge on any atom is -0.462 e. The van der Waals surface area contributed by atoms with E-state index in [0.29, 0.717) is 25.7 Å². The van der Waals surface area contributed by atoms with Crippen LogP contribution in [0.1, 0.15) is 259 Å². The number of hydrogen-bond acceptors (Lipinski definition) is 15. The van der Waals surface area contributed by atoms with Gasteiger partial charge in [-0.25, -0.2) is 9.13 Å². The number of phosphoric acid groups is 2. The lowest BCUT2D eigenvalue weighted by molar-refractivity contribution is -0.161. The molecular weight excluding hydrogens is 1330 g/mol. The highest BCUT2D eigenvalue weighted by Gasteiger charge is 2.30. The van der Waals surface area contributed by atoms with Crippen LogP contribution < -0.4 is 0 Å². The molecule has 0 aliphatic rings. The fourth-order valence-corrected chi connectivity index (χ4v) is 10.8. The molecule has 5 unspecified atom stereocenters. The van der Waals surface area contributed by atoms with Gasteiger partial charge in [-0.3, -0.25) is 37.3 Å². The lowest BCUT2D eigenvalue weighted by atomic mass is 10.1. The summed E-state index contributed by atoms with van der Waals surface area (Å²) < 4.78 is 68.3. The van der Waals surface area contributed by atoms with E-state index < -0.39 is 97.5 Å². The number of hydrogen-bond donors (Lipinski definition) is 3. The Hall–Kier alpha value is -5.84. The van der Waals surface area contributed by atoms with Gasteiger partial charge in [-0.15, -0.1) is 0 Å². The van der Waals surface area contributed by atoms with Crippen LogP contribution in [0.25, 0.3) is 0 Å². The Balaban J connectivity index is 5.48. The largest absolute Gasteiger partial charge is 0.472 e. The second-order valence-corrected chi connectivity index (χ2v) is 27.4. The van der Waals surface area contributed by atoms with Crippen molar-refractivity contribution in [2.75, 3.05) is 39.6 Å². The Morgan fingerprint density at radius 2 is 0.549 bits per heavy atom. The van der Waals surface area contributed by atoms with Crippen molar-refractivity contribution >= 4 is 39.5 Å². The first-order chi connectivity index (χ1) is 49.7. The number of phosphoric ester groups is 2. The van der Waals surface area contributed by atoms with E-state index in [1.165, 1.54) is 0 Å². The van der Waals surface area contributed by atoms with Crippen LogP contribution in [0, 0.1) is 0 Å². The van der Waals surface area contributed by atoms with Crippen LogP contribution >= 0.6 is 15.6 Å². The lowest BCUT2D eigenvalue weighted by Gasteiger charge is -2.21. The molecule has 17 nitrogen and oxygen atoms in total. The number of esters is 4. The molecule has 0 saturated carbocycles. The van der Waals surface area contributed by atoms with Crippen LogP contribution in [-0.2, 0) is 65.4 Å². The zero-order chi connectivity index (χ0) is 74.6. The summed E-state index contributed by atoms with van der Waals surface area (Å²) in [7, 11) is -10.0. The van der Waals surface area contributed by atoms with Gasteiger partial charge in [0.15, 0.2) is 12.2 Å². The number of aliphatic hydroxyl groups excluding tert-OH is 1. The van der Waals surface area contributed by atoms with E-state index in [2.05, 4.69) is 186 Å². The molecule has 576 valence electrons. The van der Waals surface area contributed by atoms with Crippen molar-refractivity contribution in [2.45, 2.75) is 277 Å². The molecular formula is C83H132O17P2. The summed E-state index contributed by atoms with van der Waals surface area (Å²) in [5, 5.41) is 10.6. The van der Waals surface area contributed by atoms with E-state index in [4.69, 9.17) is 37.0 Å². The summed E-state index contributed by atoms with van der Waals surface area (Å²) in [6.45, 7) is 4.24. The van der Waals surface area contributed by atoms with Gasteiger partial charge in [0, 0.05) is 19.3 Å². The van der Waals surface area contributed by atoms with Gasteiger partial charge in [-0.2, -0.15) is 0 Å². The molecule has 19 heteroatoms. The summed E-state index contributed by atoms with van der Waals surface area (Å²) in [4.78, 5) is 72.8. The summed E-state index contributed by atoms with van der Waals surface area (Å²) >= 11 is 0. The first-order valence-corrected chi connectivity index (χ1v) is 41.0. The van der Waals surface area contributed by atoms with Crippen LogP contribution in [0.15, 0.2) is 182 Å². The molecule has 0 aliphatic carbocycles. The summed E-state index contributed by atoms with van der Waals surface area (Å²) in [5.74, 6) is -2.42. The monoisotopic (exact) mass is 1460 g/mol. The van der Waals surface area contributed by atoms with Gasteiger partial charge >= 0.3 is 39.5 Å². The zero-order valence-corrected chi connectivity index (χ0v) is 64.5. The van der Waals surface area contributed by atoms with Gasteiger partial charge in [0.2, 0.25) is 0 Å². The van der Waals surface area contributed by atoms with Crippen LogP contribution in [-0.4, -0.2) is 96.7 Å². The first kappa shape index (κ1) is 96.2. The SMILES string of the molecule is CC/C=C\C/C=C\C/C=C\C/C=C\C/C=C\CCCCCC(=O)OCC(COP(=O)(O)OCC(O)COP(=O)(O)OCC(COC(=O)C/C=C\C/C=C\C/C=C\C/C=C\C/C=C\CC)OC(=O)CCCCCCC/C=C\C/C=C\C/C=C\CC)OC(=O)CCCCCCC/C=C\C/C=C\CCC. The van der Waals surface area contributed by atoms with Crippen molar-refractivity contribution in [3.8, 4) is 0 Å². The van der Waals surface area contributed by atoms with Crippen molar-refractivity contribution in [3.05, 3.63) is 182 Å². The molecule has 0 aromatic rings. The third kappa shape index (κ3) is 72.5. The molecule has 0 aromatic heterocycles. The number of aliphatic hydroxyl groups is 1. The Morgan fingerprint density at radius 1 is 0.294 bits per heavy atom. The number of carbonyl (C=O) groups is 4. The number of rotatable bonds is 69. The number of allylic oxidation sites excluding steroid dienone is 29. The summed E-state index contributed by atoms with van der Waals surface area (Å²) in [6, 6.07) is 0. The molecule has 0 aromatic carbocycles. The van der Waals surface area contributed by atoms with Gasteiger partial charge in [0.05, 0.1) is 32.8 Å². The summed E-state index contributed by atoms with van der Waals surface area (Å²) in [6.07, 6.45) is 87.7. The van der Waals surface area contributed by atoms with Crippen LogP contribution in [0.2, 0.25) is 0 Å². The molecule has 0 bridgehead atoms. The molecule has 102 heavy (non-hydrogen) atoms. The number of ether oxygens (including phenoxy) is 4. The third-order valence-corrected chi connectivity index (χ3v) is 16.8. The predicted molar refractivity (Wildman–Crippen MR) is 417 cm³/mol. The van der Waals surface area contributed by atoms with Crippen LogP contribution in [0.5, 0.6) is 0 Å². The van der Waals surface area contributed by atoms with Crippen molar-refractivity contribution in [2.24, 2.45) is 0 Å². The molecule has 0 radical (unpaired) electrons. The first-order valence-electron chi connectivity index (χ1n) is 38.0. The van der Waals surface area contributed by atoms with Crippen LogP contribution in [0.3, 0.4) is 0 Å². The van der Waals surface area contributed by atoms with E-state index in [1.54, 1.807) is 6.08 Å². The molecule has 0 heterocycles. The Labute approximate surface area is 615 Å². The van der Waals surface area contributed by atoms with Crippen LogP contribution in [0.4, 0.5) is 0 Å². The quantitative estimate of drug-likeness (QED) is 0.0169. The van der Waals surface area contributed by atoms with Crippen molar-refractivity contribution < 1.29 is 80.2 Å². The fraction of sp³-hybridized carbons (Fsp3) is 0.590. The van der Waals surface area contributed by atoms with Gasteiger partial charge < -0.3 is 33.8 Å². The third-order valence-electron chi connectivity index (χ3n) is 14.9. The highest BCUT2D eigenvalue weighted by molar-refractivity contribution is 7.47. The molecule has 5 atom stereocenters. The summed E-state index contributed by atoms with van der Waals surface area (Å²) in [5.41, 5.74) is 0. The molecule has 0 amide bonds. The van der Waals surface area contributed by atoms with Gasteiger partial charge in [0.1, 0.15) is 19.3 Å². The second-order valence-electron chi connectivity index (χ2n) is 24.5. The lowest BCUT2D eigenvalue weighted by Crippen LogP contribution is -2.30. The zero-order valence-electron chi connectivity index (χ0n) is 62.7. The number of unbranched alkanes of at least 4 members (excludes halogenated alkanes) is 14. The molecule has 0 saturated heterocycles. The minimum atomic E-state index is -5.01. The van der Waals surface area contributed by atoms with E-state index in [-0.39, 0.29) is 25.7 Å². The molecule has 0 aliphatic heterocycles. The smallest absolute Gasteiger partial charge is 0.462 e. The topological polar surface area (TPSA) is 237 Å². The average molecular weight is 1460 g/mol. The average Bonchev–Trinajstić information content (AvgIpc) is 0.908. The van der Waals surface area contributed by atoms with Gasteiger partial charge in [0.25, 0.3) is 0 Å². The van der Waals surface area contributed by atoms with Gasteiger partial charge in [-0.05, 0) is 154 Å². The Morgan fingerprint density at radius 3 is 0.882 bits per heavy atom. The molecule has 0 rings (SSSR count). The van der Waals surface area contributed by atoms with E-state index in [1.807, 2.05) is 18.2 Å². The van der Waals surface area contributed by atoms with E-state index in [9.17, 15) is 43.2 Å². The van der Waals surface area contributed by atoms with Gasteiger partial charge in [-0.1, -0.05) is 261 Å². The maximum atomic E-state index is 13.1. The van der Waals surface area contributed by atoms with Crippen molar-refractivity contribution in [3.63, 3.8) is 0 Å². The normalized spacial score (nSPS) is 14.9. The van der Waals surface area contributed by atoms with E-state index >= 15 is 0 Å². The highest BCUT2D eigenvalue weighted by atomic mass is 31.2. The van der Waals surface area contributed by atoms with E-state index in [0.717, 1.165) is 180 Å². The van der Waals surface area contributed by atoms with Crippen molar-refractivity contribution in [1.29, 1.82) is 0 Å². The fourth-order valence-electron chi connectivity index (χ4n) is 9.19. The minimum absolute atomic E-state index is 0.0482. The highest BCUT2D eigenvalue weighted by Crippen LogP contribution is 2.45. The second kappa shape index (κ2) is 73.5. The molecule has 3 N–H and O–H groups in total. The Bertz CT molecular complexity index is 2650. The number of carbonyl (C=O) groups excluding carboxylic acids is 4.